The van der Waals surface area contributed by atoms with E-state index in [0.29, 0.717) is 11.3 Å². The Hall–Kier alpha value is -0.810. The highest BCUT2D eigenvalue weighted by molar-refractivity contribution is 5.85. The molecule has 1 heterocycles. The first-order valence-corrected chi connectivity index (χ1v) is 8.16. The number of nitrogens with one attached hydrogen (secondary N) is 1. The van der Waals surface area contributed by atoms with E-state index in [2.05, 4.69) is 29.3 Å². The maximum absolute atomic E-state index is 8.75. The van der Waals surface area contributed by atoms with Crippen molar-refractivity contribution in [3.63, 3.8) is 0 Å². The van der Waals surface area contributed by atoms with Crippen LogP contribution in [0.25, 0.3) is 0 Å². The molecule has 124 valence electrons. The first kappa shape index (κ1) is 18.2. The van der Waals surface area contributed by atoms with Crippen LogP contribution in [0.5, 0.6) is 0 Å². The van der Waals surface area contributed by atoms with E-state index in [0.717, 1.165) is 32.4 Å². The van der Waals surface area contributed by atoms with Crippen molar-refractivity contribution >= 4 is 5.84 Å². The Kier molecular flexibility index (Phi) is 6.94. The standard InChI is InChI=1S/C16H34N4O/c1-15(2,14(17)19-21)7-5-6-10-18-13-16(3)8-11-20(4)12-9-16/h18,21H,5-13H2,1-4H3,(H2,17,19). The summed E-state index contributed by atoms with van der Waals surface area (Å²) >= 11 is 0. The molecule has 0 atom stereocenters. The molecule has 0 aromatic heterocycles. The highest BCUT2D eigenvalue weighted by atomic mass is 16.4. The second kappa shape index (κ2) is 7.99. The fourth-order valence-corrected chi connectivity index (χ4v) is 2.81. The lowest BCUT2D eigenvalue weighted by atomic mass is 9.80. The van der Waals surface area contributed by atoms with Gasteiger partial charge in [-0.2, -0.15) is 0 Å². The van der Waals surface area contributed by atoms with Crippen LogP contribution in [0.2, 0.25) is 0 Å². The number of nitrogens with two attached hydrogens (primary N) is 1. The van der Waals surface area contributed by atoms with Gasteiger partial charge in [-0.3, -0.25) is 0 Å². The van der Waals surface area contributed by atoms with Crippen LogP contribution in [0, 0.1) is 10.8 Å². The molecule has 1 aliphatic heterocycles. The summed E-state index contributed by atoms with van der Waals surface area (Å²) < 4.78 is 0. The number of likely N-dealkylation sites (tertiary alicyclic amines) is 1. The highest BCUT2D eigenvalue weighted by Gasteiger charge is 2.28. The third-order valence-electron chi connectivity index (χ3n) is 4.95. The third-order valence-corrected chi connectivity index (χ3v) is 4.95. The van der Waals surface area contributed by atoms with Gasteiger partial charge >= 0.3 is 0 Å². The van der Waals surface area contributed by atoms with Gasteiger partial charge in [-0.1, -0.05) is 32.3 Å². The van der Waals surface area contributed by atoms with E-state index in [1.54, 1.807) is 0 Å². The molecule has 0 unspecified atom stereocenters. The van der Waals surface area contributed by atoms with Gasteiger partial charge < -0.3 is 21.2 Å². The number of piperidine rings is 1. The van der Waals surface area contributed by atoms with Crippen LogP contribution in [-0.2, 0) is 0 Å². The van der Waals surface area contributed by atoms with Crippen LogP contribution in [0.1, 0.15) is 52.9 Å². The van der Waals surface area contributed by atoms with Crippen molar-refractivity contribution in [1.29, 1.82) is 0 Å². The van der Waals surface area contributed by atoms with Crippen LogP contribution in [0.3, 0.4) is 0 Å². The SMILES string of the molecule is CN1CCC(C)(CNCCCCC(C)(C)C(N)=NO)CC1. The molecule has 0 bridgehead atoms. The quantitative estimate of drug-likeness (QED) is 0.211. The zero-order valence-corrected chi connectivity index (χ0v) is 14.3. The molecule has 1 saturated heterocycles. The fourth-order valence-electron chi connectivity index (χ4n) is 2.81. The second-order valence-electron chi connectivity index (χ2n) is 7.62. The topological polar surface area (TPSA) is 73.9 Å². The molecule has 0 spiro atoms. The summed E-state index contributed by atoms with van der Waals surface area (Å²) in [7, 11) is 2.20. The Bertz CT molecular complexity index is 333. The van der Waals surface area contributed by atoms with Gasteiger partial charge in [-0.05, 0) is 57.8 Å². The molecule has 1 rings (SSSR count). The maximum atomic E-state index is 8.75. The van der Waals surface area contributed by atoms with Gasteiger partial charge in [0.2, 0.25) is 0 Å². The van der Waals surface area contributed by atoms with Crippen molar-refractivity contribution in [3.05, 3.63) is 0 Å². The zero-order valence-electron chi connectivity index (χ0n) is 14.3. The molecular weight excluding hydrogens is 264 g/mol. The predicted octanol–water partition coefficient (Wildman–Crippen LogP) is 2.25. The van der Waals surface area contributed by atoms with Crippen molar-refractivity contribution in [3.8, 4) is 0 Å². The molecule has 0 amide bonds. The average Bonchev–Trinajstić information content (AvgIpc) is 2.45. The number of unbranched alkanes of at least 4 members (excludes halogenated alkanes) is 1. The minimum absolute atomic E-state index is 0.214. The summed E-state index contributed by atoms with van der Waals surface area (Å²) in [5, 5.41) is 15.5. The molecule has 5 nitrogen and oxygen atoms in total. The highest BCUT2D eigenvalue weighted by Crippen LogP contribution is 2.29. The number of hydrogen-bond acceptors (Lipinski definition) is 4. The minimum Gasteiger partial charge on any atom is -0.409 e. The smallest absolute Gasteiger partial charge is 0.144 e. The van der Waals surface area contributed by atoms with Crippen LogP contribution >= 0.6 is 0 Å². The first-order chi connectivity index (χ1) is 9.79. The van der Waals surface area contributed by atoms with Gasteiger partial charge in [0.25, 0.3) is 0 Å². The largest absolute Gasteiger partial charge is 0.409 e. The summed E-state index contributed by atoms with van der Waals surface area (Å²) in [6.45, 7) is 11.0. The van der Waals surface area contributed by atoms with E-state index in [1.165, 1.54) is 25.9 Å². The Morgan fingerprint density at radius 1 is 1.33 bits per heavy atom. The van der Waals surface area contributed by atoms with E-state index >= 15 is 0 Å². The van der Waals surface area contributed by atoms with Crippen molar-refractivity contribution in [2.75, 3.05) is 33.2 Å². The number of oxime groups is 1. The van der Waals surface area contributed by atoms with Crippen molar-refractivity contribution in [2.45, 2.75) is 52.9 Å². The average molecular weight is 298 g/mol. The van der Waals surface area contributed by atoms with Crippen molar-refractivity contribution in [2.24, 2.45) is 21.7 Å². The van der Waals surface area contributed by atoms with Gasteiger partial charge in [0.15, 0.2) is 0 Å². The number of nitrogens with zero attached hydrogens (tertiary/aromatic N) is 2. The molecule has 21 heavy (non-hydrogen) atoms. The molecule has 1 aliphatic rings. The van der Waals surface area contributed by atoms with Crippen molar-refractivity contribution < 1.29 is 5.21 Å². The Balaban J connectivity index is 2.12. The normalized spacial score (nSPS) is 20.7. The van der Waals surface area contributed by atoms with Crippen LogP contribution in [0.15, 0.2) is 5.16 Å². The number of amidine groups is 1. The summed E-state index contributed by atoms with van der Waals surface area (Å²) in [6, 6.07) is 0. The van der Waals surface area contributed by atoms with E-state index < -0.39 is 0 Å². The molecule has 1 fully saturated rings. The van der Waals surface area contributed by atoms with Gasteiger partial charge in [-0.15, -0.1) is 0 Å². The van der Waals surface area contributed by atoms with Gasteiger partial charge in [0, 0.05) is 12.0 Å². The molecule has 0 aromatic carbocycles. The van der Waals surface area contributed by atoms with E-state index in [1.807, 2.05) is 13.8 Å². The number of rotatable bonds is 8. The lowest BCUT2D eigenvalue weighted by molar-refractivity contribution is 0.137. The molecule has 4 N–H and O–H groups in total. The lowest BCUT2D eigenvalue weighted by Crippen LogP contribution is -2.42. The van der Waals surface area contributed by atoms with Crippen molar-refractivity contribution in [1.82, 2.24) is 10.2 Å². The summed E-state index contributed by atoms with van der Waals surface area (Å²) in [5.74, 6) is 0.328. The maximum Gasteiger partial charge on any atom is 0.144 e. The molecule has 0 saturated carbocycles. The van der Waals surface area contributed by atoms with Gasteiger partial charge in [0.1, 0.15) is 5.84 Å². The Morgan fingerprint density at radius 2 is 1.95 bits per heavy atom. The minimum atomic E-state index is -0.214. The van der Waals surface area contributed by atoms with Gasteiger partial charge in [0.05, 0.1) is 0 Å². The third kappa shape index (κ3) is 6.22. The summed E-state index contributed by atoms with van der Waals surface area (Å²) in [6.07, 6.45) is 5.75. The van der Waals surface area contributed by atoms with E-state index in [4.69, 9.17) is 10.9 Å². The van der Waals surface area contributed by atoms with Gasteiger partial charge in [-0.25, -0.2) is 0 Å². The molecule has 0 aliphatic carbocycles. The summed E-state index contributed by atoms with van der Waals surface area (Å²) in [5.41, 5.74) is 5.94. The van der Waals surface area contributed by atoms with E-state index in [-0.39, 0.29) is 5.41 Å². The Labute approximate surface area is 130 Å². The predicted molar refractivity (Wildman–Crippen MR) is 88.7 cm³/mol. The first-order valence-electron chi connectivity index (χ1n) is 8.16. The van der Waals surface area contributed by atoms with Crippen LogP contribution < -0.4 is 11.1 Å². The second-order valence-corrected chi connectivity index (χ2v) is 7.62. The molecule has 5 heteroatoms. The van der Waals surface area contributed by atoms with Crippen LogP contribution in [0.4, 0.5) is 0 Å². The number of hydrogen-bond donors (Lipinski definition) is 3. The lowest BCUT2D eigenvalue weighted by Gasteiger charge is -2.38. The van der Waals surface area contributed by atoms with E-state index in [9.17, 15) is 0 Å². The molecular formula is C16H34N4O. The monoisotopic (exact) mass is 298 g/mol. The summed E-state index contributed by atoms with van der Waals surface area (Å²) in [4.78, 5) is 2.41. The Morgan fingerprint density at radius 3 is 2.52 bits per heavy atom. The zero-order chi connectivity index (χ0) is 15.9. The molecule has 0 aromatic rings. The fraction of sp³-hybridized carbons (Fsp3) is 0.938. The van der Waals surface area contributed by atoms with Crippen LogP contribution in [-0.4, -0.2) is 49.2 Å². The molecule has 0 radical (unpaired) electrons.